The first-order chi connectivity index (χ1) is 7.11. The maximum absolute atomic E-state index is 11.3. The van der Waals surface area contributed by atoms with Crippen LogP contribution >= 0.6 is 0 Å². The molecule has 0 aliphatic heterocycles. The Morgan fingerprint density at radius 2 is 2.00 bits per heavy atom. The quantitative estimate of drug-likeness (QED) is 0.590. The third-order valence-electron chi connectivity index (χ3n) is 1.83. The van der Waals surface area contributed by atoms with Gasteiger partial charge in [0.25, 0.3) is 0 Å². The monoisotopic (exact) mass is 216 g/mol. The standard InChI is InChI=1S/C10H20N2O3/c1-4-11-10(14)8(3)12-7-6-9(13)15-5-2/h8,12H,4-7H2,1-3H3,(H,11,14). The Morgan fingerprint density at radius 3 is 2.53 bits per heavy atom. The van der Waals surface area contributed by atoms with Gasteiger partial charge in [0.2, 0.25) is 5.91 Å². The zero-order chi connectivity index (χ0) is 11.7. The molecule has 0 spiro atoms. The minimum absolute atomic E-state index is 0.0543. The Hall–Kier alpha value is -1.10. The lowest BCUT2D eigenvalue weighted by atomic mass is 10.3. The number of hydrogen-bond acceptors (Lipinski definition) is 4. The predicted octanol–water partition coefficient (Wildman–Crippen LogP) is 0.0538. The van der Waals surface area contributed by atoms with E-state index in [0.717, 1.165) is 0 Å². The topological polar surface area (TPSA) is 67.4 Å². The molecule has 0 bridgehead atoms. The fourth-order valence-corrected chi connectivity index (χ4v) is 1.04. The summed E-state index contributed by atoms with van der Waals surface area (Å²) in [6.07, 6.45) is 0.289. The van der Waals surface area contributed by atoms with E-state index >= 15 is 0 Å². The minimum Gasteiger partial charge on any atom is -0.466 e. The van der Waals surface area contributed by atoms with Crippen LogP contribution in [0.2, 0.25) is 0 Å². The fraction of sp³-hybridized carbons (Fsp3) is 0.800. The van der Waals surface area contributed by atoms with Crippen LogP contribution in [0, 0.1) is 0 Å². The number of ether oxygens (including phenoxy) is 1. The maximum atomic E-state index is 11.3. The summed E-state index contributed by atoms with van der Waals surface area (Å²) in [7, 11) is 0. The molecule has 88 valence electrons. The lowest BCUT2D eigenvalue weighted by Gasteiger charge is -2.12. The number of carbonyl (C=O) groups excluding carboxylic acids is 2. The second-order valence-electron chi connectivity index (χ2n) is 3.13. The van der Waals surface area contributed by atoms with Crippen LogP contribution in [0.1, 0.15) is 27.2 Å². The van der Waals surface area contributed by atoms with Crippen molar-refractivity contribution in [3.63, 3.8) is 0 Å². The van der Waals surface area contributed by atoms with Crippen molar-refractivity contribution in [3.05, 3.63) is 0 Å². The van der Waals surface area contributed by atoms with E-state index in [4.69, 9.17) is 4.74 Å². The van der Waals surface area contributed by atoms with Crippen molar-refractivity contribution in [3.8, 4) is 0 Å². The fourth-order valence-electron chi connectivity index (χ4n) is 1.04. The molecule has 0 radical (unpaired) electrons. The summed E-state index contributed by atoms with van der Waals surface area (Å²) in [4.78, 5) is 22.2. The Balaban J connectivity index is 3.58. The van der Waals surface area contributed by atoms with E-state index < -0.39 is 0 Å². The second-order valence-corrected chi connectivity index (χ2v) is 3.13. The van der Waals surface area contributed by atoms with Gasteiger partial charge in [-0.15, -0.1) is 0 Å². The number of rotatable bonds is 7. The molecule has 0 aliphatic rings. The van der Waals surface area contributed by atoms with Gasteiger partial charge >= 0.3 is 5.97 Å². The van der Waals surface area contributed by atoms with E-state index in [1.54, 1.807) is 13.8 Å². The van der Waals surface area contributed by atoms with Gasteiger partial charge in [0.05, 0.1) is 19.1 Å². The van der Waals surface area contributed by atoms with Crippen LogP contribution in [0.15, 0.2) is 0 Å². The van der Waals surface area contributed by atoms with E-state index in [1.807, 2.05) is 6.92 Å². The second kappa shape index (κ2) is 8.23. The Morgan fingerprint density at radius 1 is 1.33 bits per heavy atom. The van der Waals surface area contributed by atoms with Gasteiger partial charge in [0.15, 0.2) is 0 Å². The highest BCUT2D eigenvalue weighted by Crippen LogP contribution is 1.87. The SMILES string of the molecule is CCNC(=O)C(C)NCCC(=O)OCC. The number of esters is 1. The first-order valence-electron chi connectivity index (χ1n) is 5.28. The molecule has 0 aromatic heterocycles. The van der Waals surface area contributed by atoms with E-state index in [9.17, 15) is 9.59 Å². The molecule has 0 fully saturated rings. The molecule has 0 aromatic carbocycles. The summed E-state index contributed by atoms with van der Waals surface area (Å²) in [5.74, 6) is -0.297. The van der Waals surface area contributed by atoms with Crippen molar-refractivity contribution in [2.45, 2.75) is 33.2 Å². The van der Waals surface area contributed by atoms with Crippen LogP contribution in [0.5, 0.6) is 0 Å². The average Bonchev–Trinajstić information content (AvgIpc) is 2.18. The van der Waals surface area contributed by atoms with Gasteiger partial charge in [-0.05, 0) is 20.8 Å². The van der Waals surface area contributed by atoms with Crippen molar-refractivity contribution in [1.82, 2.24) is 10.6 Å². The van der Waals surface area contributed by atoms with Crippen molar-refractivity contribution in [2.75, 3.05) is 19.7 Å². The molecule has 0 aliphatic carbocycles. The third kappa shape index (κ3) is 6.90. The molecule has 0 heterocycles. The lowest BCUT2D eigenvalue weighted by molar-refractivity contribution is -0.143. The Labute approximate surface area is 90.6 Å². The van der Waals surface area contributed by atoms with Gasteiger partial charge in [-0.2, -0.15) is 0 Å². The molecule has 5 nitrogen and oxygen atoms in total. The smallest absolute Gasteiger partial charge is 0.307 e. The lowest BCUT2D eigenvalue weighted by Crippen LogP contribution is -2.42. The van der Waals surface area contributed by atoms with Gasteiger partial charge in [0.1, 0.15) is 0 Å². The van der Waals surface area contributed by atoms with Crippen molar-refractivity contribution >= 4 is 11.9 Å². The summed E-state index contributed by atoms with van der Waals surface area (Å²) in [5, 5.41) is 5.63. The first-order valence-corrected chi connectivity index (χ1v) is 5.28. The molecule has 1 amide bonds. The summed E-state index contributed by atoms with van der Waals surface area (Å²) >= 11 is 0. The molecule has 1 atom stereocenters. The van der Waals surface area contributed by atoms with Crippen LogP contribution < -0.4 is 10.6 Å². The van der Waals surface area contributed by atoms with Crippen LogP contribution in [0.4, 0.5) is 0 Å². The third-order valence-corrected chi connectivity index (χ3v) is 1.83. The summed E-state index contributed by atoms with van der Waals surface area (Å²) < 4.78 is 4.75. The number of carbonyl (C=O) groups is 2. The predicted molar refractivity (Wildman–Crippen MR) is 57.4 cm³/mol. The van der Waals surface area contributed by atoms with Crippen molar-refractivity contribution in [2.24, 2.45) is 0 Å². The number of likely N-dealkylation sites (N-methyl/N-ethyl adjacent to an activating group) is 1. The zero-order valence-corrected chi connectivity index (χ0v) is 9.63. The highest BCUT2D eigenvalue weighted by Gasteiger charge is 2.11. The normalized spacial score (nSPS) is 11.9. The molecule has 0 saturated heterocycles. The van der Waals surface area contributed by atoms with E-state index in [1.165, 1.54) is 0 Å². The Bertz CT molecular complexity index is 207. The summed E-state index contributed by atoms with van der Waals surface area (Å²) in [6.45, 7) is 6.85. The largest absolute Gasteiger partial charge is 0.466 e. The minimum atomic E-state index is -0.278. The molecule has 15 heavy (non-hydrogen) atoms. The van der Waals surface area contributed by atoms with E-state index in [2.05, 4.69) is 10.6 Å². The zero-order valence-electron chi connectivity index (χ0n) is 9.63. The van der Waals surface area contributed by atoms with Crippen LogP contribution in [0.25, 0.3) is 0 Å². The van der Waals surface area contributed by atoms with Crippen LogP contribution in [-0.2, 0) is 14.3 Å². The van der Waals surface area contributed by atoms with Gasteiger partial charge in [0, 0.05) is 13.1 Å². The van der Waals surface area contributed by atoms with Crippen molar-refractivity contribution in [1.29, 1.82) is 0 Å². The van der Waals surface area contributed by atoms with Gasteiger partial charge in [-0.3, -0.25) is 9.59 Å². The van der Waals surface area contributed by atoms with Crippen LogP contribution in [-0.4, -0.2) is 37.6 Å². The molecular weight excluding hydrogens is 196 g/mol. The number of nitrogens with one attached hydrogen (secondary N) is 2. The summed E-state index contributed by atoms with van der Waals surface area (Å²) in [5.41, 5.74) is 0. The first kappa shape index (κ1) is 13.9. The average molecular weight is 216 g/mol. The molecule has 0 aromatic rings. The van der Waals surface area contributed by atoms with Gasteiger partial charge in [-0.1, -0.05) is 0 Å². The highest BCUT2D eigenvalue weighted by molar-refractivity contribution is 5.81. The van der Waals surface area contributed by atoms with Gasteiger partial charge in [-0.25, -0.2) is 0 Å². The summed E-state index contributed by atoms with van der Waals surface area (Å²) in [6, 6.07) is -0.278. The number of hydrogen-bond donors (Lipinski definition) is 2. The molecule has 1 unspecified atom stereocenters. The molecule has 0 rings (SSSR count). The molecular formula is C10H20N2O3. The van der Waals surface area contributed by atoms with Gasteiger partial charge < -0.3 is 15.4 Å². The Kier molecular flexibility index (Phi) is 7.62. The molecule has 0 saturated carbocycles. The number of amides is 1. The highest BCUT2D eigenvalue weighted by atomic mass is 16.5. The van der Waals surface area contributed by atoms with E-state index in [0.29, 0.717) is 19.7 Å². The maximum Gasteiger partial charge on any atom is 0.307 e. The van der Waals surface area contributed by atoms with E-state index in [-0.39, 0.29) is 24.3 Å². The van der Waals surface area contributed by atoms with Crippen LogP contribution in [0.3, 0.4) is 0 Å². The van der Waals surface area contributed by atoms with Crippen molar-refractivity contribution < 1.29 is 14.3 Å². The molecule has 5 heteroatoms. The molecule has 2 N–H and O–H groups in total.